The molecule has 1 amide bonds. The average molecular weight is 447 g/mol. The van der Waals surface area contributed by atoms with Gasteiger partial charge in [-0.25, -0.2) is 8.42 Å². The van der Waals surface area contributed by atoms with Crippen LogP contribution in [0.3, 0.4) is 0 Å². The first-order valence-electron chi connectivity index (χ1n) is 8.75. The quantitative estimate of drug-likeness (QED) is 0.560. The van der Waals surface area contributed by atoms with Gasteiger partial charge in [-0.15, -0.1) is 0 Å². The minimum absolute atomic E-state index is 0.0910. The zero-order valence-electron chi connectivity index (χ0n) is 16.2. The second-order valence-corrected chi connectivity index (χ2v) is 8.22. The highest BCUT2D eigenvalue weighted by Gasteiger charge is 2.17. The molecule has 2 N–H and O–H groups in total. The van der Waals surface area contributed by atoms with Gasteiger partial charge in [0.15, 0.2) is 0 Å². The maximum atomic E-state index is 12.7. The Balaban J connectivity index is 1.79. The number of methoxy groups -OCH3 is 2. The SMILES string of the molecule is COc1ccc(NC(=O)c2ccc(NS(=O)(=O)c3ccccc3)cc2Cl)c(OC)c1. The smallest absolute Gasteiger partial charge is 0.261 e. The van der Waals surface area contributed by atoms with Crippen molar-refractivity contribution in [2.45, 2.75) is 4.90 Å². The number of amides is 1. The Morgan fingerprint density at radius 2 is 1.67 bits per heavy atom. The van der Waals surface area contributed by atoms with Crippen molar-refractivity contribution in [1.82, 2.24) is 0 Å². The number of anilines is 2. The predicted molar refractivity (Wildman–Crippen MR) is 116 cm³/mol. The molecular weight excluding hydrogens is 428 g/mol. The fraction of sp³-hybridized carbons (Fsp3) is 0.0952. The minimum atomic E-state index is -3.76. The highest BCUT2D eigenvalue weighted by molar-refractivity contribution is 7.92. The zero-order chi connectivity index (χ0) is 21.7. The molecule has 0 fully saturated rings. The van der Waals surface area contributed by atoms with E-state index in [-0.39, 0.29) is 21.2 Å². The lowest BCUT2D eigenvalue weighted by molar-refractivity contribution is 0.102. The maximum Gasteiger partial charge on any atom is 0.261 e. The summed E-state index contributed by atoms with van der Waals surface area (Å²) < 4.78 is 37.7. The molecule has 3 aromatic carbocycles. The number of hydrogen-bond acceptors (Lipinski definition) is 5. The summed E-state index contributed by atoms with van der Waals surface area (Å²) in [4.78, 5) is 12.8. The van der Waals surface area contributed by atoms with Gasteiger partial charge < -0.3 is 14.8 Å². The Bertz CT molecular complexity index is 1170. The van der Waals surface area contributed by atoms with E-state index in [2.05, 4.69) is 10.0 Å². The van der Waals surface area contributed by atoms with Gasteiger partial charge in [0.05, 0.1) is 41.1 Å². The Hall–Kier alpha value is -3.23. The second kappa shape index (κ2) is 9.06. The molecule has 0 bridgehead atoms. The largest absolute Gasteiger partial charge is 0.497 e. The molecule has 0 saturated carbocycles. The fourth-order valence-electron chi connectivity index (χ4n) is 2.67. The second-order valence-electron chi connectivity index (χ2n) is 6.13. The molecule has 7 nitrogen and oxygen atoms in total. The van der Waals surface area contributed by atoms with Crippen molar-refractivity contribution < 1.29 is 22.7 Å². The van der Waals surface area contributed by atoms with Gasteiger partial charge in [-0.05, 0) is 42.5 Å². The highest BCUT2D eigenvalue weighted by Crippen LogP contribution is 2.30. The van der Waals surface area contributed by atoms with E-state index >= 15 is 0 Å². The van der Waals surface area contributed by atoms with Crippen LogP contribution in [0.15, 0.2) is 71.6 Å². The van der Waals surface area contributed by atoms with E-state index in [0.717, 1.165) is 0 Å². The first-order chi connectivity index (χ1) is 14.3. The number of rotatable bonds is 7. The normalized spacial score (nSPS) is 10.9. The van der Waals surface area contributed by atoms with Gasteiger partial charge in [0.25, 0.3) is 15.9 Å². The van der Waals surface area contributed by atoms with Crippen LogP contribution >= 0.6 is 11.6 Å². The monoisotopic (exact) mass is 446 g/mol. The van der Waals surface area contributed by atoms with Crippen LogP contribution in [0.2, 0.25) is 5.02 Å². The van der Waals surface area contributed by atoms with Gasteiger partial charge in [0, 0.05) is 6.07 Å². The van der Waals surface area contributed by atoms with Crippen LogP contribution in [0.5, 0.6) is 11.5 Å². The zero-order valence-corrected chi connectivity index (χ0v) is 17.8. The van der Waals surface area contributed by atoms with Gasteiger partial charge in [0.1, 0.15) is 11.5 Å². The van der Waals surface area contributed by atoms with Crippen LogP contribution in [0.25, 0.3) is 0 Å². The highest BCUT2D eigenvalue weighted by atomic mass is 35.5. The molecule has 3 aromatic rings. The van der Waals surface area contributed by atoms with Crippen molar-refractivity contribution in [2.24, 2.45) is 0 Å². The maximum absolute atomic E-state index is 12.7. The molecule has 0 aromatic heterocycles. The topological polar surface area (TPSA) is 93.7 Å². The number of carbonyl (C=O) groups is 1. The van der Waals surface area contributed by atoms with Crippen molar-refractivity contribution in [3.05, 3.63) is 77.3 Å². The molecular formula is C21H19ClN2O5S. The van der Waals surface area contributed by atoms with Crippen LogP contribution in [-0.4, -0.2) is 28.5 Å². The average Bonchev–Trinajstić information content (AvgIpc) is 2.74. The molecule has 0 heterocycles. The molecule has 0 aliphatic rings. The number of benzene rings is 3. The number of nitrogens with one attached hydrogen (secondary N) is 2. The van der Waals surface area contributed by atoms with Crippen LogP contribution in [0.4, 0.5) is 11.4 Å². The van der Waals surface area contributed by atoms with Gasteiger partial charge in [-0.2, -0.15) is 0 Å². The fourth-order valence-corrected chi connectivity index (χ4v) is 4.00. The van der Waals surface area contributed by atoms with E-state index in [9.17, 15) is 13.2 Å². The number of halogens is 1. The summed E-state index contributed by atoms with van der Waals surface area (Å²) in [6.45, 7) is 0. The molecule has 156 valence electrons. The van der Waals surface area contributed by atoms with E-state index in [1.807, 2.05) is 0 Å². The predicted octanol–water partition coefficient (Wildman–Crippen LogP) is 4.41. The van der Waals surface area contributed by atoms with Gasteiger partial charge in [-0.1, -0.05) is 29.8 Å². The molecule has 0 aliphatic carbocycles. The summed E-state index contributed by atoms with van der Waals surface area (Å²) in [5, 5.41) is 2.81. The van der Waals surface area contributed by atoms with Crippen LogP contribution in [-0.2, 0) is 10.0 Å². The molecule has 0 unspecified atom stereocenters. The van der Waals surface area contributed by atoms with Crippen LogP contribution in [0, 0.1) is 0 Å². The first-order valence-corrected chi connectivity index (χ1v) is 10.6. The Labute approximate surface area is 179 Å². The summed E-state index contributed by atoms with van der Waals surface area (Å²) in [7, 11) is -0.760. The lowest BCUT2D eigenvalue weighted by atomic mass is 10.2. The summed E-state index contributed by atoms with van der Waals surface area (Å²) in [6, 6.07) is 17.2. The lowest BCUT2D eigenvalue weighted by Gasteiger charge is -2.13. The Morgan fingerprint density at radius 3 is 2.30 bits per heavy atom. The third-order valence-electron chi connectivity index (χ3n) is 4.18. The van der Waals surface area contributed by atoms with Crippen molar-refractivity contribution >= 4 is 38.9 Å². The van der Waals surface area contributed by atoms with Crippen molar-refractivity contribution in [3.63, 3.8) is 0 Å². The summed E-state index contributed by atoms with van der Waals surface area (Å²) in [5.74, 6) is 0.532. The Morgan fingerprint density at radius 1 is 0.933 bits per heavy atom. The molecule has 30 heavy (non-hydrogen) atoms. The van der Waals surface area contributed by atoms with Gasteiger partial charge >= 0.3 is 0 Å². The van der Waals surface area contributed by atoms with Crippen molar-refractivity contribution in [3.8, 4) is 11.5 Å². The number of sulfonamides is 1. The summed E-state index contributed by atoms with van der Waals surface area (Å²) >= 11 is 6.24. The first kappa shape index (κ1) is 21.5. The van der Waals surface area contributed by atoms with Gasteiger partial charge in [0.2, 0.25) is 0 Å². The third kappa shape index (κ3) is 4.84. The molecule has 0 atom stereocenters. The van der Waals surface area contributed by atoms with Gasteiger partial charge in [-0.3, -0.25) is 9.52 Å². The third-order valence-corrected chi connectivity index (χ3v) is 5.89. The number of hydrogen-bond donors (Lipinski definition) is 2. The molecule has 0 saturated heterocycles. The van der Waals surface area contributed by atoms with E-state index in [0.29, 0.717) is 17.2 Å². The van der Waals surface area contributed by atoms with Crippen LogP contribution in [0.1, 0.15) is 10.4 Å². The van der Waals surface area contributed by atoms with Crippen molar-refractivity contribution in [1.29, 1.82) is 0 Å². The van der Waals surface area contributed by atoms with Crippen molar-refractivity contribution in [2.75, 3.05) is 24.3 Å². The molecule has 0 aliphatic heterocycles. The lowest BCUT2D eigenvalue weighted by Crippen LogP contribution is -2.15. The minimum Gasteiger partial charge on any atom is -0.497 e. The summed E-state index contributed by atoms with van der Waals surface area (Å²) in [6.07, 6.45) is 0. The molecule has 0 spiro atoms. The van der Waals surface area contributed by atoms with E-state index < -0.39 is 15.9 Å². The van der Waals surface area contributed by atoms with E-state index in [1.54, 1.807) is 36.4 Å². The van der Waals surface area contributed by atoms with E-state index in [4.69, 9.17) is 21.1 Å². The number of ether oxygens (including phenoxy) is 2. The van der Waals surface area contributed by atoms with Crippen LogP contribution < -0.4 is 19.5 Å². The molecule has 3 rings (SSSR count). The number of carbonyl (C=O) groups excluding carboxylic acids is 1. The summed E-state index contributed by atoms with van der Waals surface area (Å²) in [5.41, 5.74) is 0.854. The Kier molecular flexibility index (Phi) is 6.49. The van der Waals surface area contributed by atoms with E-state index in [1.165, 1.54) is 44.6 Å². The standard InChI is InChI=1S/C21H19ClN2O5S/c1-28-15-9-11-19(20(13-15)29-2)23-21(25)17-10-8-14(12-18(17)22)24-30(26,27)16-6-4-3-5-7-16/h3-13,24H,1-2H3,(H,23,25). The molecule has 9 heteroatoms. The molecule has 0 radical (unpaired) electrons.